The number of nitro benzene ring substituents is 1. The molecule has 0 spiro atoms. The van der Waals surface area contributed by atoms with E-state index in [0.29, 0.717) is 5.56 Å². The van der Waals surface area contributed by atoms with Crippen LogP contribution in [0.3, 0.4) is 0 Å². The van der Waals surface area contributed by atoms with E-state index in [9.17, 15) is 14.9 Å². The van der Waals surface area contributed by atoms with E-state index in [4.69, 9.17) is 0 Å². The molecule has 0 aromatic heterocycles. The van der Waals surface area contributed by atoms with Gasteiger partial charge in [-0.3, -0.25) is 14.9 Å². The van der Waals surface area contributed by atoms with Gasteiger partial charge in [0.05, 0.1) is 12.0 Å². The number of nitrogens with one attached hydrogen (secondary N) is 1. The van der Waals surface area contributed by atoms with Crippen molar-refractivity contribution < 1.29 is 14.5 Å². The fourth-order valence-electron chi connectivity index (χ4n) is 1.36. The van der Waals surface area contributed by atoms with E-state index in [1.54, 1.807) is 25.1 Å². The summed E-state index contributed by atoms with van der Waals surface area (Å²) in [5.41, 5.74) is 0.574. The molecule has 0 saturated carbocycles. The summed E-state index contributed by atoms with van der Waals surface area (Å²) in [7, 11) is 1.30. The van der Waals surface area contributed by atoms with Crippen LogP contribution in [0.25, 0.3) is 0 Å². The number of ether oxygens (including phenoxy) is 1. The predicted octanol–water partition coefficient (Wildman–Crippen LogP) is 1.25. The Morgan fingerprint density at radius 2 is 2.18 bits per heavy atom. The Balaban J connectivity index is 2.69. The van der Waals surface area contributed by atoms with Gasteiger partial charge in [0.15, 0.2) is 0 Å². The highest BCUT2D eigenvalue weighted by molar-refractivity contribution is 5.75. The lowest BCUT2D eigenvalue weighted by Gasteiger charge is -2.11. The molecule has 92 valence electrons. The molecule has 0 aliphatic rings. The topological polar surface area (TPSA) is 81.5 Å². The Morgan fingerprint density at radius 1 is 1.53 bits per heavy atom. The zero-order valence-corrected chi connectivity index (χ0v) is 9.67. The molecule has 0 aliphatic carbocycles. The van der Waals surface area contributed by atoms with Crippen LogP contribution in [0.5, 0.6) is 0 Å². The third kappa shape index (κ3) is 3.53. The average molecular weight is 238 g/mol. The first-order chi connectivity index (χ1) is 8.06. The molecular weight excluding hydrogens is 224 g/mol. The fraction of sp³-hybridized carbons (Fsp3) is 0.364. The van der Waals surface area contributed by atoms with Gasteiger partial charge in [0.2, 0.25) is 0 Å². The minimum Gasteiger partial charge on any atom is -0.468 e. The molecule has 1 aromatic rings. The fourth-order valence-corrected chi connectivity index (χ4v) is 1.36. The monoisotopic (exact) mass is 238 g/mol. The SMILES string of the molecule is COC(=O)C(C)NCc1ccccc1[N+](=O)[O-]. The second-order valence-corrected chi connectivity index (χ2v) is 3.51. The maximum atomic E-state index is 11.1. The lowest BCUT2D eigenvalue weighted by atomic mass is 10.1. The van der Waals surface area contributed by atoms with Crippen LogP contribution in [0.1, 0.15) is 12.5 Å². The number of hydrogen-bond donors (Lipinski definition) is 1. The summed E-state index contributed by atoms with van der Waals surface area (Å²) < 4.78 is 4.54. The van der Waals surface area contributed by atoms with Crippen molar-refractivity contribution in [1.82, 2.24) is 5.32 Å². The van der Waals surface area contributed by atoms with Gasteiger partial charge in [0.1, 0.15) is 6.04 Å². The van der Waals surface area contributed by atoms with Crippen LogP contribution < -0.4 is 5.32 Å². The third-order valence-electron chi connectivity index (χ3n) is 2.34. The summed E-state index contributed by atoms with van der Waals surface area (Å²) in [4.78, 5) is 21.4. The number of nitrogens with zero attached hydrogens (tertiary/aromatic N) is 1. The zero-order valence-electron chi connectivity index (χ0n) is 9.67. The van der Waals surface area contributed by atoms with Gasteiger partial charge in [0, 0.05) is 18.2 Å². The molecular formula is C11H14N2O4. The van der Waals surface area contributed by atoms with Gasteiger partial charge < -0.3 is 10.1 Å². The van der Waals surface area contributed by atoms with Crippen molar-refractivity contribution in [3.63, 3.8) is 0 Å². The lowest BCUT2D eigenvalue weighted by molar-refractivity contribution is -0.385. The van der Waals surface area contributed by atoms with E-state index in [1.165, 1.54) is 13.2 Å². The average Bonchev–Trinajstić information content (AvgIpc) is 2.35. The summed E-state index contributed by atoms with van der Waals surface area (Å²) in [5, 5.41) is 13.6. The second-order valence-electron chi connectivity index (χ2n) is 3.51. The summed E-state index contributed by atoms with van der Waals surface area (Å²) in [6.45, 7) is 1.88. The molecule has 1 aromatic carbocycles. The van der Waals surface area contributed by atoms with E-state index in [1.807, 2.05) is 0 Å². The summed E-state index contributed by atoms with van der Waals surface area (Å²) in [5.74, 6) is -0.399. The molecule has 0 saturated heterocycles. The minimum atomic E-state index is -0.500. The van der Waals surface area contributed by atoms with Crippen molar-refractivity contribution in [3.05, 3.63) is 39.9 Å². The van der Waals surface area contributed by atoms with Crippen molar-refractivity contribution >= 4 is 11.7 Å². The van der Waals surface area contributed by atoms with Gasteiger partial charge in [-0.2, -0.15) is 0 Å². The van der Waals surface area contributed by atoms with E-state index in [-0.39, 0.29) is 12.2 Å². The van der Waals surface area contributed by atoms with Gasteiger partial charge in [-0.1, -0.05) is 18.2 Å². The highest BCUT2D eigenvalue weighted by Crippen LogP contribution is 2.17. The third-order valence-corrected chi connectivity index (χ3v) is 2.34. The quantitative estimate of drug-likeness (QED) is 0.474. The molecule has 6 heteroatoms. The van der Waals surface area contributed by atoms with E-state index in [0.717, 1.165) is 0 Å². The van der Waals surface area contributed by atoms with Gasteiger partial charge in [0.25, 0.3) is 5.69 Å². The van der Waals surface area contributed by atoms with E-state index in [2.05, 4.69) is 10.1 Å². The molecule has 0 fully saturated rings. The van der Waals surface area contributed by atoms with E-state index < -0.39 is 16.9 Å². The Hall–Kier alpha value is -1.95. The molecule has 1 atom stereocenters. The summed E-state index contributed by atoms with van der Waals surface area (Å²) in [6, 6.07) is 5.90. The molecule has 6 nitrogen and oxygen atoms in total. The Labute approximate surface area is 98.7 Å². The Morgan fingerprint density at radius 3 is 2.76 bits per heavy atom. The van der Waals surface area contributed by atoms with Gasteiger partial charge >= 0.3 is 5.97 Å². The number of nitro groups is 1. The first kappa shape index (κ1) is 13.1. The van der Waals surface area contributed by atoms with Crippen LogP contribution in [-0.2, 0) is 16.1 Å². The van der Waals surface area contributed by atoms with Gasteiger partial charge in [-0.05, 0) is 6.92 Å². The van der Waals surface area contributed by atoms with Crippen LogP contribution in [-0.4, -0.2) is 24.0 Å². The van der Waals surface area contributed by atoms with Crippen LogP contribution >= 0.6 is 0 Å². The molecule has 0 amide bonds. The highest BCUT2D eigenvalue weighted by Gasteiger charge is 2.16. The van der Waals surface area contributed by atoms with Crippen LogP contribution in [0.15, 0.2) is 24.3 Å². The van der Waals surface area contributed by atoms with Crippen LogP contribution in [0.4, 0.5) is 5.69 Å². The van der Waals surface area contributed by atoms with Crippen molar-refractivity contribution in [1.29, 1.82) is 0 Å². The van der Waals surface area contributed by atoms with Gasteiger partial charge in [-0.15, -0.1) is 0 Å². The van der Waals surface area contributed by atoms with Crippen molar-refractivity contribution in [2.45, 2.75) is 19.5 Å². The number of para-hydroxylation sites is 1. The van der Waals surface area contributed by atoms with Crippen LogP contribution in [0.2, 0.25) is 0 Å². The summed E-state index contributed by atoms with van der Waals surface area (Å²) in [6.07, 6.45) is 0. The molecule has 0 aliphatic heterocycles. The molecule has 17 heavy (non-hydrogen) atoms. The predicted molar refractivity (Wildman–Crippen MR) is 61.4 cm³/mol. The molecule has 1 unspecified atom stereocenters. The minimum absolute atomic E-state index is 0.0389. The number of rotatable bonds is 5. The first-order valence-corrected chi connectivity index (χ1v) is 5.09. The largest absolute Gasteiger partial charge is 0.468 e. The maximum absolute atomic E-state index is 11.1. The first-order valence-electron chi connectivity index (χ1n) is 5.09. The smallest absolute Gasteiger partial charge is 0.322 e. The molecule has 1 rings (SSSR count). The molecule has 0 radical (unpaired) electrons. The number of carbonyl (C=O) groups is 1. The van der Waals surface area contributed by atoms with Crippen molar-refractivity contribution in [2.75, 3.05) is 7.11 Å². The summed E-state index contributed by atoms with van der Waals surface area (Å²) >= 11 is 0. The number of methoxy groups -OCH3 is 1. The van der Waals surface area contributed by atoms with Gasteiger partial charge in [-0.25, -0.2) is 0 Å². The molecule has 0 bridgehead atoms. The lowest BCUT2D eigenvalue weighted by Crippen LogP contribution is -2.34. The van der Waals surface area contributed by atoms with Crippen molar-refractivity contribution in [3.8, 4) is 0 Å². The Kier molecular flexibility index (Phi) is 4.59. The zero-order chi connectivity index (χ0) is 12.8. The number of esters is 1. The number of hydrogen-bond acceptors (Lipinski definition) is 5. The molecule has 0 heterocycles. The maximum Gasteiger partial charge on any atom is 0.322 e. The van der Waals surface area contributed by atoms with Crippen molar-refractivity contribution in [2.24, 2.45) is 0 Å². The standard InChI is InChI=1S/C11H14N2O4/c1-8(11(14)17-2)12-7-9-5-3-4-6-10(9)13(15)16/h3-6,8,12H,7H2,1-2H3. The van der Waals surface area contributed by atoms with Crippen LogP contribution in [0, 0.1) is 10.1 Å². The number of carbonyl (C=O) groups excluding carboxylic acids is 1. The molecule has 1 N–H and O–H groups in total. The second kappa shape index (κ2) is 5.95. The number of benzene rings is 1. The Bertz CT molecular complexity index is 420. The highest BCUT2D eigenvalue weighted by atomic mass is 16.6. The van der Waals surface area contributed by atoms with E-state index >= 15 is 0 Å². The normalized spacial score (nSPS) is 11.9.